The molecule has 1 spiro atoms. The average Bonchev–Trinajstić information content (AvgIpc) is 3.88. The van der Waals surface area contributed by atoms with Crippen molar-refractivity contribution in [3.63, 3.8) is 0 Å². The van der Waals surface area contributed by atoms with Gasteiger partial charge >= 0.3 is 0 Å². The van der Waals surface area contributed by atoms with Crippen LogP contribution in [-0.2, 0) is 10.8 Å². The molecule has 2 heteroatoms. The lowest BCUT2D eigenvalue weighted by Crippen LogP contribution is -2.26. The minimum atomic E-state index is -0.404. The van der Waals surface area contributed by atoms with E-state index in [1.165, 1.54) is 90.3 Å². The second-order valence-electron chi connectivity index (χ2n) is 18.1. The molecule has 2 aliphatic rings. The maximum absolute atomic E-state index is 2.48. The molecular formula is C58H50N2. The molecule has 60 heavy (non-hydrogen) atoms. The zero-order valence-corrected chi connectivity index (χ0v) is 35.2. The second kappa shape index (κ2) is 13.7. The maximum atomic E-state index is 2.48. The van der Waals surface area contributed by atoms with E-state index in [9.17, 15) is 0 Å². The van der Waals surface area contributed by atoms with E-state index in [0.717, 1.165) is 22.7 Å². The summed E-state index contributed by atoms with van der Waals surface area (Å²) in [5.41, 5.74) is 20.1. The highest BCUT2D eigenvalue weighted by Crippen LogP contribution is 2.63. The van der Waals surface area contributed by atoms with Gasteiger partial charge in [0.05, 0.1) is 16.4 Å². The van der Waals surface area contributed by atoms with Crippen molar-refractivity contribution < 1.29 is 0 Å². The molecule has 1 aromatic heterocycles. The Morgan fingerprint density at radius 2 is 1.02 bits per heavy atom. The summed E-state index contributed by atoms with van der Waals surface area (Å²) in [7, 11) is 0. The summed E-state index contributed by atoms with van der Waals surface area (Å²) in [6.07, 6.45) is 2.37. The summed E-state index contributed by atoms with van der Waals surface area (Å²) in [5, 5.41) is 2.65. The van der Waals surface area contributed by atoms with Crippen LogP contribution in [0.4, 0.5) is 17.1 Å². The molecule has 0 saturated carbocycles. The fourth-order valence-electron chi connectivity index (χ4n) is 10.7. The van der Waals surface area contributed by atoms with Gasteiger partial charge in [0.25, 0.3) is 0 Å². The van der Waals surface area contributed by atoms with E-state index in [1.54, 1.807) is 0 Å². The van der Waals surface area contributed by atoms with Gasteiger partial charge < -0.3 is 9.47 Å². The minimum Gasteiger partial charge on any atom is -0.310 e. The van der Waals surface area contributed by atoms with Crippen molar-refractivity contribution in [2.45, 2.75) is 64.2 Å². The zero-order chi connectivity index (χ0) is 40.8. The lowest BCUT2D eigenvalue weighted by Gasteiger charge is -2.32. The number of nitrogens with zero attached hydrogens (tertiary/aromatic N) is 2. The Morgan fingerprint density at radius 1 is 0.500 bits per heavy atom. The van der Waals surface area contributed by atoms with Crippen LogP contribution in [0.5, 0.6) is 0 Å². The average molecular weight is 775 g/mol. The number of rotatable bonds is 7. The van der Waals surface area contributed by atoms with E-state index in [1.807, 2.05) is 0 Å². The molecule has 2 nitrogen and oxygen atoms in total. The van der Waals surface area contributed by atoms with Crippen LogP contribution in [0.25, 0.3) is 49.7 Å². The maximum Gasteiger partial charge on any atom is 0.0726 e. The van der Waals surface area contributed by atoms with Gasteiger partial charge in [0, 0.05) is 33.5 Å². The number of hydrogen-bond donors (Lipinski definition) is 0. The molecule has 9 aromatic rings. The van der Waals surface area contributed by atoms with E-state index in [2.05, 4.69) is 226 Å². The molecule has 11 rings (SSSR count). The third-order valence-corrected chi connectivity index (χ3v) is 13.6. The number of fused-ring (bicyclic) bond motifs is 13. The van der Waals surface area contributed by atoms with Crippen molar-refractivity contribution in [2.75, 3.05) is 4.90 Å². The molecule has 8 aromatic carbocycles. The highest BCUT2D eigenvalue weighted by atomic mass is 15.1. The highest BCUT2D eigenvalue weighted by Gasteiger charge is 2.51. The van der Waals surface area contributed by atoms with Crippen molar-refractivity contribution in [1.82, 2.24) is 4.57 Å². The number of para-hydroxylation sites is 1. The molecule has 1 heterocycles. The summed E-state index contributed by atoms with van der Waals surface area (Å²) in [5.74, 6) is 0.522. The van der Waals surface area contributed by atoms with E-state index >= 15 is 0 Å². The molecule has 292 valence electrons. The number of hydrogen-bond acceptors (Lipinski definition) is 1. The molecule has 0 saturated heterocycles. The van der Waals surface area contributed by atoms with Gasteiger partial charge in [0.1, 0.15) is 0 Å². The van der Waals surface area contributed by atoms with Crippen LogP contribution >= 0.6 is 0 Å². The van der Waals surface area contributed by atoms with Crippen molar-refractivity contribution >= 4 is 38.9 Å². The first-order valence-corrected chi connectivity index (χ1v) is 21.8. The molecule has 0 radical (unpaired) electrons. The Hall–Kier alpha value is -6.64. The first-order valence-electron chi connectivity index (χ1n) is 21.8. The molecule has 0 amide bonds. The highest BCUT2D eigenvalue weighted by molar-refractivity contribution is 6.10. The van der Waals surface area contributed by atoms with Crippen LogP contribution in [0.1, 0.15) is 86.8 Å². The standard InChI is InChI=1S/C58H50N2/c1-6-16-38(2)39-25-33-55-49(35-39)50-36-40(57(3,4)5)26-34-56(50)60(55)43-29-27-42(28-30-43)59(41-17-8-7-9-18-41)44-31-32-48-47-21-12-15-24-53(47)58(54(48)37-44)51-22-13-10-19-45(51)46-20-11-14-23-52(46)58/h7-15,17-38H,6,16H2,1-5H3. The molecule has 1 atom stereocenters. The van der Waals surface area contributed by atoms with E-state index < -0.39 is 5.41 Å². The van der Waals surface area contributed by atoms with Gasteiger partial charge in [-0.15, -0.1) is 0 Å². The van der Waals surface area contributed by atoms with Crippen LogP contribution in [0.15, 0.2) is 182 Å². The fourth-order valence-corrected chi connectivity index (χ4v) is 10.7. The molecule has 2 aliphatic carbocycles. The smallest absolute Gasteiger partial charge is 0.0726 e. The van der Waals surface area contributed by atoms with E-state index in [-0.39, 0.29) is 5.41 Å². The van der Waals surface area contributed by atoms with Crippen LogP contribution in [0.3, 0.4) is 0 Å². The van der Waals surface area contributed by atoms with Crippen molar-refractivity contribution in [2.24, 2.45) is 0 Å². The Kier molecular flexibility index (Phi) is 8.33. The summed E-state index contributed by atoms with van der Waals surface area (Å²) in [6, 6.07) is 68.7. The molecule has 1 unspecified atom stereocenters. The molecule has 0 N–H and O–H groups in total. The predicted octanol–water partition coefficient (Wildman–Crippen LogP) is 15.8. The second-order valence-corrected chi connectivity index (χ2v) is 18.1. The van der Waals surface area contributed by atoms with Gasteiger partial charge in [0.2, 0.25) is 0 Å². The van der Waals surface area contributed by atoms with Gasteiger partial charge in [-0.3, -0.25) is 0 Å². The number of aromatic nitrogens is 1. The van der Waals surface area contributed by atoms with Crippen molar-refractivity contribution in [3.05, 3.63) is 215 Å². The molecule has 0 bridgehead atoms. The normalized spacial score (nSPS) is 13.9. The largest absolute Gasteiger partial charge is 0.310 e. The summed E-state index contributed by atoms with van der Waals surface area (Å²) < 4.78 is 2.47. The molecule has 0 aliphatic heterocycles. The summed E-state index contributed by atoms with van der Waals surface area (Å²) >= 11 is 0. The van der Waals surface area contributed by atoms with Crippen LogP contribution in [0.2, 0.25) is 0 Å². The Morgan fingerprint density at radius 3 is 1.62 bits per heavy atom. The van der Waals surface area contributed by atoms with Crippen LogP contribution in [0, 0.1) is 0 Å². The van der Waals surface area contributed by atoms with Crippen molar-refractivity contribution in [1.29, 1.82) is 0 Å². The Labute approximate surface area is 354 Å². The predicted molar refractivity (Wildman–Crippen MR) is 254 cm³/mol. The third kappa shape index (κ3) is 5.33. The number of anilines is 3. The quantitative estimate of drug-likeness (QED) is 0.157. The van der Waals surface area contributed by atoms with E-state index in [4.69, 9.17) is 0 Å². The lowest BCUT2D eigenvalue weighted by atomic mass is 9.70. The van der Waals surface area contributed by atoms with Gasteiger partial charge in [0.15, 0.2) is 0 Å². The first-order chi connectivity index (χ1) is 29.3. The SMILES string of the molecule is CCCC(C)c1ccc2c(c1)c1cc(C(C)(C)C)ccc1n2-c1ccc(N(c2ccccc2)c2ccc3c(c2)C2(c4ccccc4-c4ccccc42)c2ccccc2-3)cc1. The van der Waals surface area contributed by atoms with E-state index in [0.29, 0.717) is 5.92 Å². The first kappa shape index (κ1) is 36.4. The fraction of sp³-hybridized carbons (Fsp3) is 0.172. The minimum absolute atomic E-state index is 0.0583. The molecule has 0 fully saturated rings. The van der Waals surface area contributed by atoms with Crippen molar-refractivity contribution in [3.8, 4) is 27.9 Å². The van der Waals surface area contributed by atoms with Gasteiger partial charge in [-0.1, -0.05) is 150 Å². The Bertz CT molecular complexity index is 3040. The summed E-state index contributed by atoms with van der Waals surface area (Å²) in [6.45, 7) is 11.6. The van der Waals surface area contributed by atoms with Gasteiger partial charge in [-0.2, -0.15) is 0 Å². The van der Waals surface area contributed by atoms with Crippen LogP contribution < -0.4 is 4.90 Å². The van der Waals surface area contributed by atoms with Gasteiger partial charge in [-0.05, 0) is 146 Å². The van der Waals surface area contributed by atoms with Gasteiger partial charge in [-0.25, -0.2) is 0 Å². The zero-order valence-electron chi connectivity index (χ0n) is 35.2. The summed E-state index contributed by atoms with van der Waals surface area (Å²) in [4.78, 5) is 2.43. The van der Waals surface area contributed by atoms with Crippen LogP contribution in [-0.4, -0.2) is 4.57 Å². The molecular weight excluding hydrogens is 725 g/mol. The lowest BCUT2D eigenvalue weighted by molar-refractivity contribution is 0.591. The number of benzene rings is 8. The Balaban J connectivity index is 1.08. The monoisotopic (exact) mass is 774 g/mol. The third-order valence-electron chi connectivity index (χ3n) is 13.6. The topological polar surface area (TPSA) is 8.17 Å².